The maximum absolute atomic E-state index is 14.5. The van der Waals surface area contributed by atoms with Crippen molar-refractivity contribution in [1.82, 2.24) is 10.6 Å². The molecule has 5 aliphatic rings. The molecule has 0 spiro atoms. The molecule has 3 saturated carbocycles. The molecule has 4 fully saturated rings. The smallest absolute Gasteiger partial charge is 0.470 e. The quantitative estimate of drug-likeness (QED) is 0.0834. The molecule has 0 unspecified atom stereocenters. The zero-order valence-electron chi connectivity index (χ0n) is 35.7. The van der Waals surface area contributed by atoms with Gasteiger partial charge in [0.15, 0.2) is 23.5 Å². The van der Waals surface area contributed by atoms with Gasteiger partial charge in [0.25, 0.3) is 0 Å². The number of allylic oxidation sites excluding steroid dienone is 4. The maximum atomic E-state index is 14.5. The molecular weight excluding hydrogens is 933 g/mol. The number of anilines is 1. The highest BCUT2D eigenvalue weighted by atomic mass is 79.9. The number of carboxylic acids is 1. The average Bonchev–Trinajstić information content (AvgIpc) is 3.76. The van der Waals surface area contributed by atoms with Crippen molar-refractivity contribution < 1.29 is 72.4 Å². The van der Waals surface area contributed by atoms with Crippen LogP contribution in [0.2, 0.25) is 0 Å². The number of rotatable bonds is 17. The highest BCUT2D eigenvalue weighted by Gasteiger charge is 2.76. The molecular formula is C45H53BrN3O15P. The summed E-state index contributed by atoms with van der Waals surface area (Å²) < 4.78 is 30.1. The Hall–Kier alpha value is -4.43. The van der Waals surface area contributed by atoms with Crippen molar-refractivity contribution in [2.45, 2.75) is 95.5 Å². The number of benzene rings is 2. The number of aliphatic hydroxyl groups is 2. The summed E-state index contributed by atoms with van der Waals surface area (Å²) in [6, 6.07) is 10.9. The number of carboxylic acid groups (broad SMARTS) is 1. The normalized spacial score (nSPS) is 30.5. The first kappa shape index (κ1) is 48.5. The minimum absolute atomic E-state index is 0.0411. The van der Waals surface area contributed by atoms with E-state index in [0.29, 0.717) is 36.8 Å². The number of phosphoric acid groups is 1. The number of ketones is 2. The van der Waals surface area contributed by atoms with E-state index in [4.69, 9.17) is 14.0 Å². The van der Waals surface area contributed by atoms with Crippen molar-refractivity contribution in [2.75, 3.05) is 23.8 Å². The molecule has 20 heteroatoms. The number of aliphatic carboxylic acids is 1. The second kappa shape index (κ2) is 19.1. The molecule has 7 rings (SSSR count). The third-order valence-electron chi connectivity index (χ3n) is 14.1. The fourth-order valence-electron chi connectivity index (χ4n) is 11.3. The molecule has 0 aromatic heterocycles. The minimum atomic E-state index is -5.07. The Bertz CT molecular complexity index is 2370. The lowest BCUT2D eigenvalue weighted by molar-refractivity contribution is -0.200. The van der Waals surface area contributed by atoms with Gasteiger partial charge in [0.2, 0.25) is 17.7 Å². The molecule has 350 valence electrons. The Morgan fingerprint density at radius 3 is 2.52 bits per heavy atom. The van der Waals surface area contributed by atoms with Gasteiger partial charge in [-0.2, -0.15) is 0 Å². The Kier molecular flexibility index (Phi) is 14.2. The van der Waals surface area contributed by atoms with E-state index in [2.05, 4.69) is 31.9 Å². The number of alkyl halides is 1. The van der Waals surface area contributed by atoms with Crippen molar-refractivity contribution in [3.05, 3.63) is 88.5 Å². The van der Waals surface area contributed by atoms with Crippen LogP contribution in [0.3, 0.4) is 0 Å². The third kappa shape index (κ3) is 9.71. The predicted molar refractivity (Wildman–Crippen MR) is 234 cm³/mol. The van der Waals surface area contributed by atoms with E-state index in [1.807, 2.05) is 32.1 Å². The van der Waals surface area contributed by atoms with E-state index < -0.39 is 104 Å². The van der Waals surface area contributed by atoms with Gasteiger partial charge in [0, 0.05) is 40.0 Å². The molecule has 18 nitrogen and oxygen atoms in total. The molecule has 2 aromatic carbocycles. The number of hydrogen-bond donors (Lipinski definition) is 8. The minimum Gasteiger partial charge on any atom is -0.481 e. The van der Waals surface area contributed by atoms with Crippen molar-refractivity contribution in [3.63, 3.8) is 0 Å². The van der Waals surface area contributed by atoms with Gasteiger partial charge >= 0.3 is 13.8 Å². The van der Waals surface area contributed by atoms with Crippen LogP contribution in [0.25, 0.3) is 0 Å². The molecule has 1 aliphatic heterocycles. The molecule has 8 N–H and O–H groups in total. The van der Waals surface area contributed by atoms with E-state index in [1.165, 1.54) is 0 Å². The molecule has 0 radical (unpaired) electrons. The zero-order chi connectivity index (χ0) is 47.1. The number of aliphatic hydroxyl groups excluding tert-OH is 2. The standard InChI is InChI=1S/C45H53BrN3O15P/c1-43-13-12-29(51)17-28(43)7-8-30-31-18-36-45(35(53)23-62-65(59,60)61,44(31,2)19-34(52)40(30)43)64-42(63-36)26-5-3-4-24(15-26)14-25-6-9-32(27(16-25)22-50)49-41(58)33(10-11-39(56)57)48-38(55)21-47-37(54)20-46/h3-6,9,12-13,15-17,30-31,33-34,36,40,42,50,52H,7-8,10-11,14,18-23H2,1-2H3,(H,47,54)(H,48,55)(H,49,58)(H,56,57)(H2,59,60,61)/t30-,31-,33-,34-,36+,40+,42+,43-,44-,45+/m0/s1. The summed E-state index contributed by atoms with van der Waals surface area (Å²) in [5.41, 5.74) is 0.217. The first-order valence-electron chi connectivity index (χ1n) is 21.4. The van der Waals surface area contributed by atoms with Gasteiger partial charge in [-0.1, -0.05) is 77.8 Å². The molecule has 0 bridgehead atoms. The van der Waals surface area contributed by atoms with Gasteiger partial charge in [-0.3, -0.25) is 33.3 Å². The number of carbonyl (C=O) groups excluding carboxylic acids is 5. The molecule has 2 aromatic rings. The summed E-state index contributed by atoms with van der Waals surface area (Å²) in [7, 11) is -5.07. The number of phosphoric ester groups is 1. The summed E-state index contributed by atoms with van der Waals surface area (Å²) >= 11 is 2.97. The SMILES string of the molecule is C[C@]12C=CC(=O)C=C1CC[C@@H]1[C@@H]2[C@@H](O)C[C@@]2(C)[C@H]1C[C@H]1O[C@@H](c3cccc(Cc4ccc(NC(=O)[C@H](CCC(=O)O)NC(=O)CNC(=O)CBr)c(CO)c4)c3)O[C@]12C(=O)COP(=O)(O)O. The molecule has 3 amide bonds. The van der Waals surface area contributed by atoms with Crippen LogP contribution >= 0.6 is 23.8 Å². The Labute approximate surface area is 382 Å². The van der Waals surface area contributed by atoms with Crippen LogP contribution in [-0.4, -0.2) is 103 Å². The highest BCUT2D eigenvalue weighted by Crippen LogP contribution is 2.70. The first-order chi connectivity index (χ1) is 30.7. The van der Waals surface area contributed by atoms with Crippen molar-refractivity contribution in [1.29, 1.82) is 0 Å². The van der Waals surface area contributed by atoms with Crippen LogP contribution in [0, 0.1) is 28.6 Å². The summed E-state index contributed by atoms with van der Waals surface area (Å²) in [5.74, 6) is -4.42. The lowest BCUT2D eigenvalue weighted by atomic mass is 9.46. The third-order valence-corrected chi connectivity index (χ3v) is 15.1. The Morgan fingerprint density at radius 1 is 1.06 bits per heavy atom. The largest absolute Gasteiger partial charge is 0.481 e. The van der Waals surface area contributed by atoms with Crippen molar-refractivity contribution in [3.8, 4) is 0 Å². The number of Topliss-reactive ketones (excluding diaryl/α,β-unsaturated/α-hetero) is 1. The van der Waals surface area contributed by atoms with Crippen LogP contribution in [0.15, 0.2) is 66.3 Å². The number of halogens is 1. The van der Waals surface area contributed by atoms with Gasteiger partial charge in [0.05, 0.1) is 30.7 Å². The van der Waals surface area contributed by atoms with E-state index in [1.54, 1.807) is 42.5 Å². The monoisotopic (exact) mass is 985 g/mol. The summed E-state index contributed by atoms with van der Waals surface area (Å²) in [6.07, 6.45) is 3.66. The van der Waals surface area contributed by atoms with Crippen LogP contribution in [0.4, 0.5) is 5.69 Å². The summed E-state index contributed by atoms with van der Waals surface area (Å²) in [5, 5.41) is 39.0. The lowest BCUT2D eigenvalue weighted by Crippen LogP contribution is -2.63. The number of ether oxygens (including phenoxy) is 2. The van der Waals surface area contributed by atoms with Gasteiger partial charge in [-0.05, 0) is 79.7 Å². The van der Waals surface area contributed by atoms with Crippen LogP contribution in [0.1, 0.15) is 80.9 Å². The van der Waals surface area contributed by atoms with E-state index in [0.717, 1.165) is 16.7 Å². The highest BCUT2D eigenvalue weighted by molar-refractivity contribution is 9.09. The van der Waals surface area contributed by atoms with Crippen molar-refractivity contribution >= 4 is 64.7 Å². The topological polar surface area (TPSA) is 284 Å². The van der Waals surface area contributed by atoms with Gasteiger partial charge in [-0.15, -0.1) is 0 Å². The number of hydrogen-bond acceptors (Lipinski definition) is 12. The van der Waals surface area contributed by atoms with E-state index >= 15 is 0 Å². The molecule has 4 aliphatic carbocycles. The molecule has 10 atom stereocenters. The maximum Gasteiger partial charge on any atom is 0.470 e. The fraction of sp³-hybridized carbons (Fsp3) is 0.511. The lowest BCUT2D eigenvalue weighted by Gasteiger charge is -2.59. The Balaban J connectivity index is 1.10. The second-order valence-corrected chi connectivity index (χ2v) is 19.8. The average molecular weight is 987 g/mol. The van der Waals surface area contributed by atoms with Crippen LogP contribution in [-0.2, 0) is 60.4 Å². The molecule has 1 heterocycles. The zero-order valence-corrected chi connectivity index (χ0v) is 38.2. The first-order valence-corrected chi connectivity index (χ1v) is 24.0. The van der Waals surface area contributed by atoms with Gasteiger partial charge in [-0.25, -0.2) is 4.57 Å². The fourth-order valence-corrected chi connectivity index (χ4v) is 11.8. The summed E-state index contributed by atoms with van der Waals surface area (Å²) in [4.78, 5) is 94.7. The second-order valence-electron chi connectivity index (χ2n) is 18.0. The van der Waals surface area contributed by atoms with E-state index in [-0.39, 0.29) is 47.4 Å². The Morgan fingerprint density at radius 2 is 1.82 bits per heavy atom. The number of carbonyl (C=O) groups is 6. The van der Waals surface area contributed by atoms with Gasteiger partial charge in [0.1, 0.15) is 12.6 Å². The molecule has 65 heavy (non-hydrogen) atoms. The van der Waals surface area contributed by atoms with E-state index in [9.17, 15) is 58.4 Å². The number of fused-ring (bicyclic) bond motifs is 7. The van der Waals surface area contributed by atoms with Crippen molar-refractivity contribution in [2.24, 2.45) is 28.6 Å². The number of nitrogens with one attached hydrogen (secondary N) is 3. The summed E-state index contributed by atoms with van der Waals surface area (Å²) in [6.45, 7) is 2.06. The van der Waals surface area contributed by atoms with Gasteiger partial charge < -0.3 is 50.5 Å². The molecule has 1 saturated heterocycles. The predicted octanol–water partition coefficient (Wildman–Crippen LogP) is 3.29. The van der Waals surface area contributed by atoms with Crippen LogP contribution in [0.5, 0.6) is 0 Å². The number of amides is 3. The van der Waals surface area contributed by atoms with Crippen LogP contribution < -0.4 is 16.0 Å².